The highest BCUT2D eigenvalue weighted by molar-refractivity contribution is 6.30. The van der Waals surface area contributed by atoms with Gasteiger partial charge in [-0.05, 0) is 25.1 Å². The molecule has 0 aromatic heterocycles. The molecule has 1 heterocycles. The zero-order valence-corrected chi connectivity index (χ0v) is 12.9. The number of ether oxygens (including phenoxy) is 1. The Kier molecular flexibility index (Phi) is 5.66. The molecule has 0 amide bonds. The van der Waals surface area contributed by atoms with Crippen LogP contribution in [0.4, 0.5) is 5.69 Å². The van der Waals surface area contributed by atoms with E-state index in [1.54, 1.807) is 7.11 Å². The van der Waals surface area contributed by atoms with Gasteiger partial charge in [0.2, 0.25) is 0 Å². The summed E-state index contributed by atoms with van der Waals surface area (Å²) in [6.45, 7) is 6.08. The summed E-state index contributed by atoms with van der Waals surface area (Å²) in [4.78, 5) is 4.65. The van der Waals surface area contributed by atoms with E-state index in [4.69, 9.17) is 16.3 Å². The van der Waals surface area contributed by atoms with Crippen LogP contribution in [0.5, 0.6) is 0 Å². The van der Waals surface area contributed by atoms with Crippen LogP contribution in [0.3, 0.4) is 0 Å². The molecule has 2 rings (SSSR count). The van der Waals surface area contributed by atoms with Crippen molar-refractivity contribution in [2.24, 2.45) is 0 Å². The fourth-order valence-corrected chi connectivity index (χ4v) is 2.87. The fraction of sp³-hybridized carbons (Fsp3) is 0.600. The normalized spacial score (nSPS) is 22.0. The first-order valence-corrected chi connectivity index (χ1v) is 7.39. The molecule has 0 aliphatic carbocycles. The van der Waals surface area contributed by atoms with E-state index in [1.165, 1.54) is 5.69 Å². The smallest absolute Gasteiger partial charge is 0.0900 e. The van der Waals surface area contributed by atoms with Gasteiger partial charge in [0.15, 0.2) is 0 Å². The maximum atomic E-state index is 9.84. The lowest BCUT2D eigenvalue weighted by Gasteiger charge is -2.41. The molecule has 1 aliphatic heterocycles. The summed E-state index contributed by atoms with van der Waals surface area (Å²) in [5.41, 5.74) is 1.17. The van der Waals surface area contributed by atoms with Crippen molar-refractivity contribution < 1.29 is 9.84 Å². The Bertz CT molecular complexity index is 430. The number of piperazine rings is 1. The number of aliphatic hydroxyl groups is 1. The van der Waals surface area contributed by atoms with Crippen molar-refractivity contribution >= 4 is 17.3 Å². The first kappa shape index (κ1) is 15.6. The van der Waals surface area contributed by atoms with Crippen molar-refractivity contribution in [2.45, 2.75) is 19.1 Å². The number of hydrogen-bond donors (Lipinski definition) is 1. The second-order valence-electron chi connectivity index (χ2n) is 5.38. The maximum absolute atomic E-state index is 9.84. The predicted octanol–water partition coefficient (Wildman–Crippen LogP) is 1.86. The van der Waals surface area contributed by atoms with Gasteiger partial charge in [0.05, 0.1) is 12.7 Å². The number of rotatable bonds is 5. The first-order valence-electron chi connectivity index (χ1n) is 7.01. The van der Waals surface area contributed by atoms with E-state index in [0.717, 1.165) is 24.7 Å². The number of halogens is 1. The molecule has 2 atom stereocenters. The summed E-state index contributed by atoms with van der Waals surface area (Å²) in [6, 6.07) is 8.37. The van der Waals surface area contributed by atoms with Crippen molar-refractivity contribution in [3.05, 3.63) is 29.3 Å². The Balaban J connectivity index is 1.92. The molecule has 1 aliphatic rings. The lowest BCUT2D eigenvalue weighted by Crippen LogP contribution is -2.54. The van der Waals surface area contributed by atoms with Crippen LogP contribution in [-0.2, 0) is 4.74 Å². The molecule has 0 radical (unpaired) electrons. The third-order valence-corrected chi connectivity index (χ3v) is 3.98. The highest BCUT2D eigenvalue weighted by atomic mass is 35.5. The van der Waals surface area contributed by atoms with Gasteiger partial charge < -0.3 is 14.7 Å². The molecule has 0 bridgehead atoms. The van der Waals surface area contributed by atoms with Gasteiger partial charge in [-0.2, -0.15) is 0 Å². The molecule has 112 valence electrons. The Hall–Kier alpha value is -0.810. The summed E-state index contributed by atoms with van der Waals surface area (Å²) in [6.07, 6.45) is -0.417. The Morgan fingerprint density at radius 3 is 2.90 bits per heavy atom. The number of methoxy groups -OCH3 is 1. The van der Waals surface area contributed by atoms with Gasteiger partial charge in [0.1, 0.15) is 0 Å². The Labute approximate surface area is 125 Å². The highest BCUT2D eigenvalue weighted by Crippen LogP contribution is 2.22. The van der Waals surface area contributed by atoms with Crippen LogP contribution in [0.2, 0.25) is 5.02 Å². The predicted molar refractivity (Wildman–Crippen MR) is 82.6 cm³/mol. The highest BCUT2D eigenvalue weighted by Gasteiger charge is 2.25. The monoisotopic (exact) mass is 298 g/mol. The average molecular weight is 299 g/mol. The van der Waals surface area contributed by atoms with Crippen molar-refractivity contribution in [3.8, 4) is 0 Å². The third-order valence-electron chi connectivity index (χ3n) is 3.74. The molecule has 5 heteroatoms. The van der Waals surface area contributed by atoms with Crippen LogP contribution in [0, 0.1) is 0 Å². The SMILES string of the molecule is COC[C@H](O)CN1CCN(c2cccc(Cl)c2)C[C@H]1C. The third kappa shape index (κ3) is 4.09. The van der Waals surface area contributed by atoms with Gasteiger partial charge in [-0.3, -0.25) is 4.90 Å². The van der Waals surface area contributed by atoms with Gasteiger partial charge >= 0.3 is 0 Å². The second-order valence-corrected chi connectivity index (χ2v) is 5.82. The number of nitrogens with zero attached hydrogens (tertiary/aromatic N) is 2. The molecule has 1 saturated heterocycles. The van der Waals surface area contributed by atoms with Gasteiger partial charge in [0.25, 0.3) is 0 Å². The molecule has 4 nitrogen and oxygen atoms in total. The molecule has 0 unspecified atom stereocenters. The number of hydrogen-bond acceptors (Lipinski definition) is 4. The molecule has 20 heavy (non-hydrogen) atoms. The fourth-order valence-electron chi connectivity index (χ4n) is 2.69. The summed E-state index contributed by atoms with van der Waals surface area (Å²) < 4.78 is 4.98. The molecule has 0 spiro atoms. The summed E-state index contributed by atoms with van der Waals surface area (Å²) in [7, 11) is 1.61. The van der Waals surface area contributed by atoms with Crippen LogP contribution in [-0.4, -0.2) is 62.0 Å². The van der Waals surface area contributed by atoms with Gasteiger partial charge in [-0.1, -0.05) is 17.7 Å². The van der Waals surface area contributed by atoms with E-state index in [-0.39, 0.29) is 0 Å². The van der Waals surface area contributed by atoms with Crippen molar-refractivity contribution in [3.63, 3.8) is 0 Å². The minimum atomic E-state index is -0.417. The van der Waals surface area contributed by atoms with E-state index in [9.17, 15) is 5.11 Å². The van der Waals surface area contributed by atoms with E-state index < -0.39 is 6.10 Å². The zero-order chi connectivity index (χ0) is 14.5. The summed E-state index contributed by atoms with van der Waals surface area (Å²) in [5.74, 6) is 0. The average Bonchev–Trinajstić information content (AvgIpc) is 2.41. The standard InChI is InChI=1S/C15H23ClN2O2/c1-12-9-18(14-5-3-4-13(16)8-14)7-6-17(12)10-15(19)11-20-2/h3-5,8,12,15,19H,6-7,9-11H2,1-2H3/t12-,15-/m1/s1. The molecule has 1 N–H and O–H groups in total. The van der Waals surface area contributed by atoms with Crippen LogP contribution < -0.4 is 4.90 Å². The van der Waals surface area contributed by atoms with Crippen LogP contribution in [0.15, 0.2) is 24.3 Å². The minimum Gasteiger partial charge on any atom is -0.389 e. The molecule has 1 aromatic carbocycles. The maximum Gasteiger partial charge on any atom is 0.0900 e. The summed E-state index contributed by atoms with van der Waals surface area (Å²) >= 11 is 6.05. The van der Waals surface area contributed by atoms with Crippen molar-refractivity contribution in [1.29, 1.82) is 0 Å². The van der Waals surface area contributed by atoms with E-state index in [0.29, 0.717) is 19.2 Å². The minimum absolute atomic E-state index is 0.390. The molecule has 0 saturated carbocycles. The molecular weight excluding hydrogens is 276 g/mol. The van der Waals surface area contributed by atoms with Crippen molar-refractivity contribution in [1.82, 2.24) is 4.90 Å². The van der Waals surface area contributed by atoms with Gasteiger partial charge in [-0.25, -0.2) is 0 Å². The van der Waals surface area contributed by atoms with Gasteiger partial charge in [-0.15, -0.1) is 0 Å². The lowest BCUT2D eigenvalue weighted by atomic mass is 10.1. The molecule has 1 fully saturated rings. The summed E-state index contributed by atoms with van der Waals surface area (Å²) in [5, 5.41) is 10.6. The molecular formula is C15H23ClN2O2. The van der Waals surface area contributed by atoms with E-state index >= 15 is 0 Å². The Morgan fingerprint density at radius 2 is 2.25 bits per heavy atom. The first-order chi connectivity index (χ1) is 9.60. The van der Waals surface area contributed by atoms with E-state index in [2.05, 4.69) is 22.8 Å². The van der Waals surface area contributed by atoms with E-state index in [1.807, 2.05) is 18.2 Å². The zero-order valence-electron chi connectivity index (χ0n) is 12.1. The topological polar surface area (TPSA) is 35.9 Å². The quantitative estimate of drug-likeness (QED) is 0.900. The van der Waals surface area contributed by atoms with Crippen LogP contribution >= 0.6 is 11.6 Å². The lowest BCUT2D eigenvalue weighted by molar-refractivity contribution is 0.0261. The molecule has 1 aromatic rings. The number of anilines is 1. The number of β-amino-alcohol motifs (C(OH)–C–C–N with tert-alkyl or cyclic N) is 1. The van der Waals surface area contributed by atoms with Crippen molar-refractivity contribution in [2.75, 3.05) is 44.8 Å². The van der Waals surface area contributed by atoms with Crippen LogP contribution in [0.25, 0.3) is 0 Å². The Morgan fingerprint density at radius 1 is 1.45 bits per heavy atom. The number of benzene rings is 1. The van der Waals surface area contributed by atoms with Crippen LogP contribution in [0.1, 0.15) is 6.92 Å². The number of aliphatic hydroxyl groups excluding tert-OH is 1. The largest absolute Gasteiger partial charge is 0.389 e. The second kappa shape index (κ2) is 7.27. The van der Waals surface area contributed by atoms with Gasteiger partial charge in [0, 0.05) is 50.0 Å².